The molecule has 1 rings (SSSR count). The summed E-state index contributed by atoms with van der Waals surface area (Å²) >= 11 is 0. The van der Waals surface area contributed by atoms with Crippen LogP contribution in [-0.2, 0) is 0 Å². The zero-order valence-corrected chi connectivity index (χ0v) is 12.2. The summed E-state index contributed by atoms with van der Waals surface area (Å²) in [5.41, 5.74) is 0. The molecule has 14 heavy (non-hydrogen) atoms. The van der Waals surface area contributed by atoms with E-state index in [4.69, 9.17) is 0 Å². The van der Waals surface area contributed by atoms with E-state index in [-0.39, 0.29) is 0 Å². The van der Waals surface area contributed by atoms with Gasteiger partial charge in [-0.3, -0.25) is 4.98 Å². The van der Waals surface area contributed by atoms with Crippen molar-refractivity contribution in [3.63, 3.8) is 0 Å². The van der Waals surface area contributed by atoms with Crippen LogP contribution < -0.4 is 10.5 Å². The molecule has 1 nitrogen and oxygen atoms in total. The largest absolute Gasteiger partial charge is 0.266 e. The van der Waals surface area contributed by atoms with Crippen LogP contribution in [-0.4, -0.2) is 21.1 Å². The van der Waals surface area contributed by atoms with Crippen molar-refractivity contribution >= 4 is 26.7 Å². The Morgan fingerprint density at radius 1 is 0.929 bits per heavy atom. The zero-order valence-electron chi connectivity index (χ0n) is 10.2. The van der Waals surface area contributed by atoms with Crippen molar-refractivity contribution in [2.24, 2.45) is 0 Å². The van der Waals surface area contributed by atoms with Gasteiger partial charge in [0.1, 0.15) is 8.07 Å². The minimum Gasteiger partial charge on any atom is -0.266 e. The molecule has 0 atom stereocenters. The number of pyridine rings is 1. The lowest BCUT2D eigenvalue weighted by atomic mass is 10.5. The minimum absolute atomic E-state index is 1.22. The maximum absolute atomic E-state index is 4.61. The Balaban J connectivity index is 3.31. The van der Waals surface area contributed by atoms with Crippen LogP contribution in [0.4, 0.5) is 0 Å². The Morgan fingerprint density at radius 3 is 1.86 bits per heavy atom. The smallest absolute Gasteiger partial charge is 0.101 e. The Bertz CT molecular complexity index is 288. The Morgan fingerprint density at radius 2 is 1.50 bits per heavy atom. The molecule has 78 valence electrons. The van der Waals surface area contributed by atoms with Gasteiger partial charge >= 0.3 is 0 Å². The average Bonchev–Trinajstić information content (AvgIpc) is 2.01. The molecule has 1 heterocycles. The van der Waals surface area contributed by atoms with Crippen LogP contribution >= 0.6 is 0 Å². The molecule has 0 aromatic carbocycles. The van der Waals surface area contributed by atoms with E-state index < -0.39 is 16.1 Å². The van der Waals surface area contributed by atoms with Crippen LogP contribution in [0.5, 0.6) is 0 Å². The van der Waals surface area contributed by atoms with Crippen molar-refractivity contribution in [3.8, 4) is 0 Å². The van der Waals surface area contributed by atoms with Crippen molar-refractivity contribution in [2.45, 2.75) is 39.3 Å². The fourth-order valence-electron chi connectivity index (χ4n) is 1.61. The van der Waals surface area contributed by atoms with Gasteiger partial charge in [-0.25, -0.2) is 0 Å². The first-order chi connectivity index (χ1) is 6.23. The van der Waals surface area contributed by atoms with E-state index in [0.29, 0.717) is 0 Å². The van der Waals surface area contributed by atoms with Gasteiger partial charge in [0.2, 0.25) is 0 Å². The van der Waals surface area contributed by atoms with E-state index in [1.54, 1.807) is 5.19 Å². The second-order valence-corrected chi connectivity index (χ2v) is 15.9. The van der Waals surface area contributed by atoms with Crippen LogP contribution in [0.3, 0.4) is 0 Å². The normalized spacial score (nSPS) is 13.0. The summed E-state index contributed by atoms with van der Waals surface area (Å²) in [6, 6.07) is 4.37. The molecule has 0 saturated heterocycles. The maximum atomic E-state index is 4.61. The molecule has 0 unspecified atom stereocenters. The van der Waals surface area contributed by atoms with Crippen molar-refractivity contribution < 1.29 is 0 Å². The second kappa shape index (κ2) is 3.62. The molecular weight excluding hydrogens is 202 g/mol. The van der Waals surface area contributed by atoms with Gasteiger partial charge in [-0.2, -0.15) is 0 Å². The van der Waals surface area contributed by atoms with E-state index in [9.17, 15) is 0 Å². The SMILES string of the molecule is C[Si](C)(C)c1cccnc1[Si](C)(C)C. The molecule has 0 aliphatic heterocycles. The van der Waals surface area contributed by atoms with Gasteiger partial charge in [0, 0.05) is 11.5 Å². The van der Waals surface area contributed by atoms with Gasteiger partial charge in [0.05, 0.1) is 8.07 Å². The molecule has 1 aromatic heterocycles. The molecule has 0 aliphatic carbocycles. The first kappa shape index (κ1) is 11.7. The molecule has 0 aliphatic rings. The molecular formula is C11H21NSi2. The summed E-state index contributed by atoms with van der Waals surface area (Å²) in [5, 5.41) is 2.97. The van der Waals surface area contributed by atoms with E-state index >= 15 is 0 Å². The number of hydrogen-bond donors (Lipinski definition) is 0. The molecule has 0 amide bonds. The predicted molar refractivity (Wildman–Crippen MR) is 70.2 cm³/mol. The van der Waals surface area contributed by atoms with Gasteiger partial charge in [0.15, 0.2) is 0 Å². The number of hydrogen-bond acceptors (Lipinski definition) is 1. The molecule has 0 N–H and O–H groups in total. The van der Waals surface area contributed by atoms with Crippen LogP contribution in [0, 0.1) is 0 Å². The van der Waals surface area contributed by atoms with Gasteiger partial charge < -0.3 is 0 Å². The van der Waals surface area contributed by atoms with Crippen molar-refractivity contribution in [1.29, 1.82) is 0 Å². The molecule has 1 aromatic rings. The van der Waals surface area contributed by atoms with Gasteiger partial charge in [-0.1, -0.05) is 45.3 Å². The maximum Gasteiger partial charge on any atom is 0.101 e. The van der Waals surface area contributed by atoms with E-state index in [0.717, 1.165) is 0 Å². The third-order valence-corrected chi connectivity index (χ3v) is 6.41. The highest BCUT2D eigenvalue weighted by atomic mass is 28.3. The Kier molecular flexibility index (Phi) is 3.02. The van der Waals surface area contributed by atoms with E-state index in [1.165, 1.54) is 5.32 Å². The lowest BCUT2D eigenvalue weighted by Crippen LogP contribution is -2.57. The number of nitrogens with zero attached hydrogens (tertiary/aromatic N) is 1. The van der Waals surface area contributed by atoms with Gasteiger partial charge in [0.25, 0.3) is 0 Å². The van der Waals surface area contributed by atoms with Crippen molar-refractivity contribution in [3.05, 3.63) is 18.3 Å². The Labute approximate surface area is 89.6 Å². The highest BCUT2D eigenvalue weighted by Crippen LogP contribution is 2.04. The molecule has 0 radical (unpaired) electrons. The number of rotatable bonds is 2. The second-order valence-electron chi connectivity index (χ2n) is 5.90. The fourth-order valence-corrected chi connectivity index (χ4v) is 6.58. The Hall–Kier alpha value is -0.416. The molecule has 0 bridgehead atoms. The fraction of sp³-hybridized carbons (Fsp3) is 0.545. The third-order valence-electron chi connectivity index (χ3n) is 2.33. The van der Waals surface area contributed by atoms with Crippen LogP contribution in [0.2, 0.25) is 39.3 Å². The standard InChI is InChI=1S/C11H21NSi2/c1-13(2,3)10-8-7-9-12-11(10)14(4,5)6/h7-9H,1-6H3. The molecule has 3 heteroatoms. The van der Waals surface area contributed by atoms with Crippen LogP contribution in [0.1, 0.15) is 0 Å². The first-order valence-electron chi connectivity index (χ1n) is 5.19. The summed E-state index contributed by atoms with van der Waals surface area (Å²) in [6.45, 7) is 14.3. The minimum atomic E-state index is -1.26. The quantitative estimate of drug-likeness (QED) is 0.700. The highest BCUT2D eigenvalue weighted by molar-refractivity contribution is 6.98. The number of aromatic nitrogens is 1. The van der Waals surface area contributed by atoms with Crippen molar-refractivity contribution in [2.75, 3.05) is 0 Å². The third kappa shape index (κ3) is 2.54. The monoisotopic (exact) mass is 223 g/mol. The lowest BCUT2D eigenvalue weighted by molar-refractivity contribution is 1.37. The average molecular weight is 223 g/mol. The zero-order chi connectivity index (χ0) is 11.0. The summed E-state index contributed by atoms with van der Waals surface area (Å²) in [5.74, 6) is 0. The van der Waals surface area contributed by atoms with Gasteiger partial charge in [-0.15, -0.1) is 0 Å². The summed E-state index contributed by atoms with van der Waals surface area (Å²) in [6.07, 6.45) is 1.94. The van der Waals surface area contributed by atoms with Crippen LogP contribution in [0.15, 0.2) is 18.3 Å². The topological polar surface area (TPSA) is 12.9 Å². The molecule has 0 saturated carbocycles. The highest BCUT2D eigenvalue weighted by Gasteiger charge is 2.28. The lowest BCUT2D eigenvalue weighted by Gasteiger charge is -2.26. The predicted octanol–water partition coefficient (Wildman–Crippen LogP) is 2.17. The van der Waals surface area contributed by atoms with Crippen molar-refractivity contribution in [1.82, 2.24) is 4.98 Å². The summed E-state index contributed by atoms with van der Waals surface area (Å²) in [7, 11) is -2.48. The van der Waals surface area contributed by atoms with E-state index in [2.05, 4.69) is 56.4 Å². The van der Waals surface area contributed by atoms with Gasteiger partial charge in [-0.05, 0) is 11.3 Å². The molecule has 0 fully saturated rings. The van der Waals surface area contributed by atoms with Crippen LogP contribution in [0.25, 0.3) is 0 Å². The first-order valence-corrected chi connectivity index (χ1v) is 12.2. The summed E-state index contributed by atoms with van der Waals surface area (Å²) in [4.78, 5) is 4.61. The molecule has 0 spiro atoms. The summed E-state index contributed by atoms with van der Waals surface area (Å²) < 4.78 is 0. The van der Waals surface area contributed by atoms with E-state index in [1.807, 2.05) is 6.20 Å².